The first kappa shape index (κ1) is 18.9. The second-order valence-corrected chi connectivity index (χ2v) is 7.66. The summed E-state index contributed by atoms with van der Waals surface area (Å²) in [5, 5.41) is 0. The summed E-state index contributed by atoms with van der Waals surface area (Å²) in [5.41, 5.74) is 2.59. The molecule has 0 bridgehead atoms. The molecule has 0 unspecified atom stereocenters. The van der Waals surface area contributed by atoms with E-state index < -0.39 is 5.91 Å². The van der Waals surface area contributed by atoms with Gasteiger partial charge >= 0.3 is 0 Å². The molecule has 7 heteroatoms. The lowest BCUT2D eigenvalue weighted by Crippen LogP contribution is -2.31. The maximum Gasteiger partial charge on any atom is 0.267 e. The SMILES string of the molecule is CC1=CC(=O)N(Sc2ccccc2-c2ccccc2N2C(=O)C=C(C)C2=O)C1=O. The molecule has 29 heavy (non-hydrogen) atoms. The van der Waals surface area contributed by atoms with Gasteiger partial charge in [0.1, 0.15) is 0 Å². The quantitative estimate of drug-likeness (QED) is 0.576. The lowest BCUT2D eigenvalue weighted by Gasteiger charge is -2.21. The molecule has 4 rings (SSSR count). The van der Waals surface area contributed by atoms with E-state index in [0.717, 1.165) is 21.2 Å². The monoisotopic (exact) mass is 404 g/mol. The van der Waals surface area contributed by atoms with Crippen LogP contribution >= 0.6 is 11.9 Å². The Balaban J connectivity index is 1.77. The van der Waals surface area contributed by atoms with Crippen LogP contribution in [-0.2, 0) is 19.2 Å². The number of benzene rings is 2. The predicted molar refractivity (Wildman–Crippen MR) is 110 cm³/mol. The number of rotatable bonds is 4. The van der Waals surface area contributed by atoms with Gasteiger partial charge in [0.15, 0.2) is 0 Å². The summed E-state index contributed by atoms with van der Waals surface area (Å²) < 4.78 is 1.11. The molecule has 2 heterocycles. The van der Waals surface area contributed by atoms with Crippen molar-refractivity contribution in [2.45, 2.75) is 18.7 Å². The minimum atomic E-state index is -0.394. The minimum absolute atomic E-state index is 0.354. The lowest BCUT2D eigenvalue weighted by atomic mass is 10.0. The van der Waals surface area contributed by atoms with E-state index in [9.17, 15) is 19.2 Å². The van der Waals surface area contributed by atoms with E-state index in [1.54, 1.807) is 44.2 Å². The standard InChI is InChI=1S/C22H16N2O4S/c1-13-11-19(25)23(21(13)27)17-9-5-3-7-15(17)16-8-4-6-10-18(16)29-24-20(26)12-14(2)22(24)28/h3-12H,1-2H3. The Morgan fingerprint density at radius 1 is 0.690 bits per heavy atom. The molecule has 0 aliphatic carbocycles. The van der Waals surface area contributed by atoms with E-state index in [-0.39, 0.29) is 17.7 Å². The minimum Gasteiger partial charge on any atom is -0.269 e. The van der Waals surface area contributed by atoms with Gasteiger partial charge in [-0.2, -0.15) is 0 Å². The lowest BCUT2D eigenvalue weighted by molar-refractivity contribution is -0.131. The summed E-state index contributed by atoms with van der Waals surface area (Å²) in [6.07, 6.45) is 2.62. The van der Waals surface area contributed by atoms with Crippen molar-refractivity contribution in [3.63, 3.8) is 0 Å². The molecule has 0 aromatic heterocycles. The molecule has 0 atom stereocenters. The van der Waals surface area contributed by atoms with E-state index in [0.29, 0.717) is 32.9 Å². The second-order valence-electron chi connectivity index (χ2n) is 6.68. The van der Waals surface area contributed by atoms with Gasteiger partial charge in [0.2, 0.25) is 0 Å². The highest BCUT2D eigenvalue weighted by Gasteiger charge is 2.33. The Kier molecular flexibility index (Phi) is 4.68. The number of amides is 4. The molecule has 2 aliphatic heterocycles. The first-order chi connectivity index (χ1) is 13.9. The Bertz CT molecular complexity index is 1150. The highest BCUT2D eigenvalue weighted by molar-refractivity contribution is 7.98. The number of anilines is 1. The normalized spacial score (nSPS) is 16.6. The average Bonchev–Trinajstić information content (AvgIpc) is 3.10. The van der Waals surface area contributed by atoms with Gasteiger partial charge < -0.3 is 0 Å². The van der Waals surface area contributed by atoms with Crippen molar-refractivity contribution < 1.29 is 19.2 Å². The summed E-state index contributed by atoms with van der Waals surface area (Å²) in [7, 11) is 0. The molecule has 0 spiro atoms. The van der Waals surface area contributed by atoms with Gasteiger partial charge in [-0.3, -0.25) is 19.2 Å². The zero-order chi connectivity index (χ0) is 20.7. The topological polar surface area (TPSA) is 74.8 Å². The third-order valence-electron chi connectivity index (χ3n) is 4.67. The number of imide groups is 2. The summed E-state index contributed by atoms with van der Waals surface area (Å²) in [5.74, 6) is -1.50. The Hall–Kier alpha value is -3.45. The van der Waals surface area contributed by atoms with Crippen molar-refractivity contribution in [1.29, 1.82) is 0 Å². The fourth-order valence-corrected chi connectivity index (χ4v) is 4.21. The molecule has 2 aromatic carbocycles. The number of nitrogens with zero attached hydrogens (tertiary/aromatic N) is 2. The average molecular weight is 404 g/mol. The zero-order valence-corrected chi connectivity index (χ0v) is 16.5. The van der Waals surface area contributed by atoms with Crippen LogP contribution in [0.15, 0.2) is 76.7 Å². The van der Waals surface area contributed by atoms with Crippen LogP contribution in [0.5, 0.6) is 0 Å². The largest absolute Gasteiger partial charge is 0.269 e. The van der Waals surface area contributed by atoms with Gasteiger partial charge in [0.05, 0.1) is 5.69 Å². The van der Waals surface area contributed by atoms with Crippen molar-refractivity contribution in [2.75, 3.05) is 4.90 Å². The van der Waals surface area contributed by atoms with Crippen LogP contribution in [0, 0.1) is 0 Å². The second kappa shape index (κ2) is 7.18. The van der Waals surface area contributed by atoms with E-state index in [2.05, 4.69) is 0 Å². The maximum absolute atomic E-state index is 12.5. The van der Waals surface area contributed by atoms with E-state index in [1.807, 2.05) is 18.2 Å². The van der Waals surface area contributed by atoms with Crippen molar-refractivity contribution in [3.8, 4) is 11.1 Å². The van der Waals surface area contributed by atoms with E-state index >= 15 is 0 Å². The molecular formula is C22H16N2O4S. The molecule has 0 saturated carbocycles. The van der Waals surface area contributed by atoms with Crippen molar-refractivity contribution in [3.05, 3.63) is 71.8 Å². The number of carbonyl (C=O) groups excluding carboxylic acids is 4. The zero-order valence-electron chi connectivity index (χ0n) is 15.7. The Morgan fingerprint density at radius 2 is 1.28 bits per heavy atom. The smallest absolute Gasteiger partial charge is 0.267 e. The molecule has 2 aliphatic rings. The van der Waals surface area contributed by atoms with Crippen molar-refractivity contribution >= 4 is 41.3 Å². The highest BCUT2D eigenvalue weighted by Crippen LogP contribution is 2.40. The van der Waals surface area contributed by atoms with E-state index in [1.165, 1.54) is 12.2 Å². The Morgan fingerprint density at radius 3 is 1.90 bits per heavy atom. The summed E-state index contributed by atoms with van der Waals surface area (Å²) >= 11 is 1.03. The molecule has 0 radical (unpaired) electrons. The van der Waals surface area contributed by atoms with Gasteiger partial charge in [0, 0.05) is 33.8 Å². The molecule has 6 nitrogen and oxygen atoms in total. The first-order valence-corrected chi connectivity index (χ1v) is 9.65. The van der Waals surface area contributed by atoms with Gasteiger partial charge in [-0.25, -0.2) is 9.21 Å². The molecular weight excluding hydrogens is 388 g/mol. The van der Waals surface area contributed by atoms with Gasteiger partial charge in [-0.1, -0.05) is 36.4 Å². The maximum atomic E-state index is 12.5. The van der Waals surface area contributed by atoms with Crippen LogP contribution < -0.4 is 4.90 Å². The van der Waals surface area contributed by atoms with Crippen LogP contribution in [0.4, 0.5) is 5.69 Å². The van der Waals surface area contributed by atoms with Crippen molar-refractivity contribution in [2.24, 2.45) is 0 Å². The highest BCUT2D eigenvalue weighted by atomic mass is 32.2. The third kappa shape index (κ3) is 3.19. The van der Waals surface area contributed by atoms with Crippen LogP contribution in [0.3, 0.4) is 0 Å². The van der Waals surface area contributed by atoms with Crippen LogP contribution in [0.2, 0.25) is 0 Å². The predicted octanol–water partition coefficient (Wildman–Crippen LogP) is 3.50. The molecule has 4 amide bonds. The fraction of sp³-hybridized carbons (Fsp3) is 0.0909. The Labute approximate surface area is 171 Å². The molecule has 0 fully saturated rings. The molecule has 0 saturated heterocycles. The van der Waals surface area contributed by atoms with Gasteiger partial charge in [0.25, 0.3) is 23.6 Å². The fourth-order valence-electron chi connectivity index (χ4n) is 3.23. The number of hydrogen-bond acceptors (Lipinski definition) is 5. The van der Waals surface area contributed by atoms with Crippen LogP contribution in [0.1, 0.15) is 13.8 Å². The summed E-state index contributed by atoms with van der Waals surface area (Å²) in [6.45, 7) is 3.20. The number of carbonyl (C=O) groups is 4. The van der Waals surface area contributed by atoms with Gasteiger partial charge in [-0.05, 0) is 43.5 Å². The van der Waals surface area contributed by atoms with Crippen LogP contribution in [-0.4, -0.2) is 27.9 Å². The molecule has 2 aromatic rings. The van der Waals surface area contributed by atoms with Gasteiger partial charge in [-0.15, -0.1) is 0 Å². The summed E-state index contributed by atoms with van der Waals surface area (Å²) in [6, 6.07) is 14.3. The number of hydrogen-bond donors (Lipinski definition) is 0. The molecule has 144 valence electrons. The third-order valence-corrected chi connectivity index (χ3v) is 5.76. The van der Waals surface area contributed by atoms with E-state index in [4.69, 9.17) is 0 Å². The number of para-hydroxylation sites is 1. The summed E-state index contributed by atoms with van der Waals surface area (Å²) in [4.78, 5) is 51.1. The van der Waals surface area contributed by atoms with Crippen LogP contribution in [0.25, 0.3) is 11.1 Å². The van der Waals surface area contributed by atoms with Crippen molar-refractivity contribution in [1.82, 2.24) is 4.31 Å². The first-order valence-electron chi connectivity index (χ1n) is 8.88. The molecule has 0 N–H and O–H groups in total.